The highest BCUT2D eigenvalue weighted by molar-refractivity contribution is 5.81. The van der Waals surface area contributed by atoms with Crippen LogP contribution in [0.2, 0.25) is 0 Å². The van der Waals surface area contributed by atoms with Crippen LogP contribution in [0.5, 0.6) is 0 Å². The summed E-state index contributed by atoms with van der Waals surface area (Å²) in [7, 11) is 3.06. The summed E-state index contributed by atoms with van der Waals surface area (Å²) in [5.74, 6) is -0.270. The fourth-order valence-electron chi connectivity index (χ4n) is 1.65. The van der Waals surface area contributed by atoms with Crippen molar-refractivity contribution in [3.63, 3.8) is 0 Å². The monoisotopic (exact) mass is 267 g/mol. The molecule has 1 amide bonds. The normalized spacial score (nSPS) is 11.9. The van der Waals surface area contributed by atoms with Gasteiger partial charge in [0.05, 0.1) is 11.5 Å². The Morgan fingerprint density at radius 1 is 1.58 bits per heavy atom. The van der Waals surface area contributed by atoms with Crippen LogP contribution in [-0.4, -0.2) is 42.5 Å². The van der Waals surface area contributed by atoms with E-state index >= 15 is 0 Å². The van der Waals surface area contributed by atoms with E-state index in [4.69, 9.17) is 10.5 Å². The molecule has 0 spiro atoms. The number of nitro benzene ring substituents is 1. The topological polar surface area (TPSA) is 98.7 Å². The number of carbonyl (C=O) groups is 1. The van der Waals surface area contributed by atoms with Crippen LogP contribution in [0.15, 0.2) is 24.3 Å². The summed E-state index contributed by atoms with van der Waals surface area (Å²) in [4.78, 5) is 23.4. The van der Waals surface area contributed by atoms with Crippen LogP contribution in [0.25, 0.3) is 0 Å². The maximum Gasteiger partial charge on any atom is 0.269 e. The third-order valence-corrected chi connectivity index (χ3v) is 2.58. The van der Waals surface area contributed by atoms with Crippen molar-refractivity contribution in [1.29, 1.82) is 0 Å². The van der Waals surface area contributed by atoms with Crippen molar-refractivity contribution in [2.75, 3.05) is 20.8 Å². The summed E-state index contributed by atoms with van der Waals surface area (Å²) >= 11 is 0. The van der Waals surface area contributed by atoms with Gasteiger partial charge in [0.1, 0.15) is 6.04 Å². The van der Waals surface area contributed by atoms with Gasteiger partial charge in [0.2, 0.25) is 5.91 Å². The minimum absolute atomic E-state index is 0.000427. The standard InChI is InChI=1S/C12H17N3O4/c1-14(12(16)11(13)8-19-2)7-9-4-3-5-10(6-9)15(17)18/h3-6,11H,7-8,13H2,1-2H3. The largest absolute Gasteiger partial charge is 0.383 e. The zero-order valence-electron chi connectivity index (χ0n) is 10.9. The Morgan fingerprint density at radius 3 is 2.84 bits per heavy atom. The van der Waals surface area contributed by atoms with Crippen LogP contribution in [0.1, 0.15) is 5.56 Å². The number of nitrogens with zero attached hydrogens (tertiary/aromatic N) is 2. The third-order valence-electron chi connectivity index (χ3n) is 2.58. The Kier molecular flexibility index (Phi) is 5.40. The lowest BCUT2D eigenvalue weighted by Crippen LogP contribution is -2.44. The van der Waals surface area contributed by atoms with Gasteiger partial charge in [-0.25, -0.2) is 0 Å². The zero-order valence-corrected chi connectivity index (χ0v) is 10.9. The molecule has 7 nitrogen and oxygen atoms in total. The van der Waals surface area contributed by atoms with Gasteiger partial charge >= 0.3 is 0 Å². The van der Waals surface area contributed by atoms with Gasteiger partial charge in [-0.1, -0.05) is 12.1 Å². The van der Waals surface area contributed by atoms with E-state index in [1.807, 2.05) is 0 Å². The molecule has 1 unspecified atom stereocenters. The first-order chi connectivity index (χ1) is 8.95. The Labute approximate surface area is 111 Å². The van der Waals surface area contributed by atoms with Gasteiger partial charge in [0.15, 0.2) is 0 Å². The summed E-state index contributed by atoms with van der Waals surface area (Å²) in [5, 5.41) is 10.7. The molecule has 0 aliphatic rings. The molecule has 0 fully saturated rings. The minimum atomic E-state index is -0.728. The van der Waals surface area contributed by atoms with Crippen molar-refractivity contribution in [2.45, 2.75) is 12.6 Å². The number of nitrogens with two attached hydrogens (primary N) is 1. The van der Waals surface area contributed by atoms with Crippen LogP contribution in [-0.2, 0) is 16.1 Å². The number of likely N-dealkylation sites (N-methyl/N-ethyl adjacent to an activating group) is 1. The molecule has 104 valence electrons. The van der Waals surface area contributed by atoms with Gasteiger partial charge in [-0.3, -0.25) is 14.9 Å². The molecular formula is C12H17N3O4. The maximum absolute atomic E-state index is 11.8. The summed E-state index contributed by atoms with van der Waals surface area (Å²) in [6.45, 7) is 0.399. The Hall–Kier alpha value is -1.99. The van der Waals surface area contributed by atoms with Crippen LogP contribution in [0.3, 0.4) is 0 Å². The van der Waals surface area contributed by atoms with Crippen LogP contribution in [0.4, 0.5) is 5.69 Å². The van der Waals surface area contributed by atoms with Crippen LogP contribution < -0.4 is 5.73 Å². The quantitative estimate of drug-likeness (QED) is 0.598. The van der Waals surface area contributed by atoms with Gasteiger partial charge in [0.25, 0.3) is 5.69 Å². The Bertz CT molecular complexity index is 464. The van der Waals surface area contributed by atoms with Crippen molar-refractivity contribution in [1.82, 2.24) is 4.90 Å². The summed E-state index contributed by atoms with van der Waals surface area (Å²) in [6.07, 6.45) is 0. The average molecular weight is 267 g/mol. The number of carbonyl (C=O) groups excluding carboxylic acids is 1. The number of hydrogen-bond acceptors (Lipinski definition) is 5. The molecule has 0 aliphatic heterocycles. The molecule has 0 bridgehead atoms. The van der Waals surface area contributed by atoms with Gasteiger partial charge in [0, 0.05) is 32.8 Å². The van der Waals surface area contributed by atoms with E-state index in [-0.39, 0.29) is 24.7 Å². The second-order valence-corrected chi connectivity index (χ2v) is 4.18. The molecular weight excluding hydrogens is 250 g/mol. The lowest BCUT2D eigenvalue weighted by molar-refractivity contribution is -0.384. The number of non-ortho nitro benzene ring substituents is 1. The molecule has 0 radical (unpaired) electrons. The first kappa shape index (κ1) is 15.1. The van der Waals surface area contributed by atoms with E-state index in [2.05, 4.69) is 0 Å². The maximum atomic E-state index is 11.8. The summed E-state index contributed by atoms with van der Waals surface area (Å²) < 4.78 is 4.81. The SMILES string of the molecule is COCC(N)C(=O)N(C)Cc1cccc([N+](=O)[O-])c1. The van der Waals surface area contributed by atoms with E-state index in [0.717, 1.165) is 0 Å². The van der Waals surface area contributed by atoms with Crippen LogP contribution >= 0.6 is 0 Å². The average Bonchev–Trinajstić information content (AvgIpc) is 2.38. The van der Waals surface area contributed by atoms with E-state index in [1.165, 1.54) is 24.1 Å². The van der Waals surface area contributed by atoms with E-state index < -0.39 is 11.0 Å². The summed E-state index contributed by atoms with van der Waals surface area (Å²) in [5.41, 5.74) is 6.31. The first-order valence-electron chi connectivity index (χ1n) is 5.68. The molecule has 1 aromatic carbocycles. The van der Waals surface area contributed by atoms with Crippen LogP contribution in [0, 0.1) is 10.1 Å². The Balaban J connectivity index is 2.71. The van der Waals surface area contributed by atoms with Gasteiger partial charge in [-0.05, 0) is 5.56 Å². The lowest BCUT2D eigenvalue weighted by atomic mass is 10.2. The summed E-state index contributed by atoms with van der Waals surface area (Å²) in [6, 6.07) is 5.42. The highest BCUT2D eigenvalue weighted by Crippen LogP contribution is 2.14. The van der Waals surface area contributed by atoms with Crippen molar-refractivity contribution < 1.29 is 14.5 Å². The molecule has 0 heterocycles. The third kappa shape index (κ3) is 4.31. The van der Waals surface area contributed by atoms with Crippen molar-refractivity contribution in [3.8, 4) is 0 Å². The van der Waals surface area contributed by atoms with Gasteiger partial charge < -0.3 is 15.4 Å². The molecule has 19 heavy (non-hydrogen) atoms. The lowest BCUT2D eigenvalue weighted by Gasteiger charge is -2.20. The van der Waals surface area contributed by atoms with E-state index in [9.17, 15) is 14.9 Å². The second kappa shape index (κ2) is 6.81. The van der Waals surface area contributed by atoms with E-state index in [1.54, 1.807) is 19.2 Å². The van der Waals surface area contributed by atoms with Crippen molar-refractivity contribution >= 4 is 11.6 Å². The van der Waals surface area contributed by atoms with Crippen molar-refractivity contribution in [2.24, 2.45) is 5.73 Å². The number of methoxy groups -OCH3 is 1. The molecule has 1 atom stereocenters. The molecule has 0 aliphatic carbocycles. The fourth-order valence-corrected chi connectivity index (χ4v) is 1.65. The van der Waals surface area contributed by atoms with Gasteiger partial charge in [-0.2, -0.15) is 0 Å². The number of benzene rings is 1. The first-order valence-corrected chi connectivity index (χ1v) is 5.68. The molecule has 0 saturated heterocycles. The molecule has 7 heteroatoms. The number of ether oxygens (including phenoxy) is 1. The predicted octanol–water partition coefficient (Wildman–Crippen LogP) is 0.527. The molecule has 0 saturated carbocycles. The number of hydrogen-bond donors (Lipinski definition) is 1. The molecule has 1 rings (SSSR count). The zero-order chi connectivity index (χ0) is 14.4. The molecule has 1 aromatic rings. The number of rotatable bonds is 6. The smallest absolute Gasteiger partial charge is 0.269 e. The fraction of sp³-hybridized carbons (Fsp3) is 0.417. The van der Waals surface area contributed by atoms with Gasteiger partial charge in [-0.15, -0.1) is 0 Å². The van der Waals surface area contributed by atoms with E-state index in [0.29, 0.717) is 5.56 Å². The molecule has 2 N–H and O–H groups in total. The second-order valence-electron chi connectivity index (χ2n) is 4.18. The highest BCUT2D eigenvalue weighted by atomic mass is 16.6. The molecule has 0 aromatic heterocycles. The minimum Gasteiger partial charge on any atom is -0.383 e. The predicted molar refractivity (Wildman–Crippen MR) is 69.4 cm³/mol. The highest BCUT2D eigenvalue weighted by Gasteiger charge is 2.18. The van der Waals surface area contributed by atoms with Crippen molar-refractivity contribution in [3.05, 3.63) is 39.9 Å². The Morgan fingerprint density at radius 2 is 2.26 bits per heavy atom. The number of nitro groups is 1. The number of amides is 1.